The van der Waals surface area contributed by atoms with Crippen LogP contribution in [-0.2, 0) is 7.05 Å². The molecule has 28 heavy (non-hydrogen) atoms. The number of aromatic nitrogens is 2. The van der Waals surface area contributed by atoms with E-state index in [0.29, 0.717) is 29.5 Å². The Morgan fingerprint density at radius 1 is 1.11 bits per heavy atom. The third kappa shape index (κ3) is 4.25. The Labute approximate surface area is 166 Å². The number of rotatable bonds is 7. The summed E-state index contributed by atoms with van der Waals surface area (Å²) in [6.07, 6.45) is 1.75. The summed E-state index contributed by atoms with van der Waals surface area (Å²) in [6, 6.07) is 17.9. The van der Waals surface area contributed by atoms with Gasteiger partial charge in [-0.05, 0) is 23.6 Å². The quantitative estimate of drug-likeness (QED) is 0.669. The highest BCUT2D eigenvalue weighted by Crippen LogP contribution is 2.31. The van der Waals surface area contributed by atoms with Gasteiger partial charge in [-0.1, -0.05) is 56.3 Å². The van der Waals surface area contributed by atoms with Crippen LogP contribution in [0.25, 0.3) is 11.3 Å². The van der Waals surface area contributed by atoms with Gasteiger partial charge in [-0.2, -0.15) is 5.10 Å². The summed E-state index contributed by atoms with van der Waals surface area (Å²) in [5.74, 6) is 1.22. The van der Waals surface area contributed by atoms with E-state index >= 15 is 0 Å². The maximum Gasteiger partial charge on any atom is 0.255 e. The lowest BCUT2D eigenvalue weighted by molar-refractivity contribution is 0.0949. The van der Waals surface area contributed by atoms with Gasteiger partial charge in [0.25, 0.3) is 5.91 Å². The highest BCUT2D eigenvalue weighted by Gasteiger charge is 2.22. The molecule has 0 aliphatic rings. The predicted octanol–water partition coefficient (Wildman–Crippen LogP) is 4.27. The van der Waals surface area contributed by atoms with Crippen molar-refractivity contribution in [2.75, 3.05) is 13.7 Å². The minimum absolute atomic E-state index is 0.129. The largest absolute Gasteiger partial charge is 0.496 e. The van der Waals surface area contributed by atoms with Crippen LogP contribution in [0.15, 0.2) is 60.8 Å². The van der Waals surface area contributed by atoms with E-state index in [1.54, 1.807) is 18.0 Å². The molecule has 1 N–H and O–H groups in total. The average Bonchev–Trinajstić information content (AvgIpc) is 3.10. The molecular weight excluding hydrogens is 350 g/mol. The van der Waals surface area contributed by atoms with Crippen LogP contribution in [0.3, 0.4) is 0 Å². The molecule has 0 saturated heterocycles. The third-order valence-electron chi connectivity index (χ3n) is 4.95. The molecule has 1 heterocycles. The van der Waals surface area contributed by atoms with E-state index in [1.165, 1.54) is 5.56 Å². The molecule has 5 heteroatoms. The predicted molar refractivity (Wildman–Crippen MR) is 112 cm³/mol. The molecule has 0 aliphatic carbocycles. The van der Waals surface area contributed by atoms with Crippen LogP contribution in [-0.4, -0.2) is 29.3 Å². The van der Waals surface area contributed by atoms with Gasteiger partial charge in [-0.25, -0.2) is 0 Å². The number of nitrogens with one attached hydrogen (secondary N) is 1. The van der Waals surface area contributed by atoms with Crippen LogP contribution >= 0.6 is 0 Å². The summed E-state index contributed by atoms with van der Waals surface area (Å²) >= 11 is 0. The first-order valence-electron chi connectivity index (χ1n) is 9.51. The molecule has 1 unspecified atom stereocenters. The zero-order valence-corrected chi connectivity index (χ0v) is 16.8. The molecule has 0 fully saturated rings. The normalized spacial score (nSPS) is 12.0. The number of methoxy groups -OCH3 is 1. The van der Waals surface area contributed by atoms with Gasteiger partial charge in [0.05, 0.1) is 12.7 Å². The molecule has 0 aliphatic heterocycles. The van der Waals surface area contributed by atoms with E-state index < -0.39 is 0 Å². The Morgan fingerprint density at radius 2 is 1.79 bits per heavy atom. The highest BCUT2D eigenvalue weighted by atomic mass is 16.5. The standard InChI is InChI=1S/C23H27N3O2/c1-16(2)19(17-10-6-5-7-11-17)14-24-23(27)20-15-26(3)25-22(20)18-12-8-9-13-21(18)28-4/h5-13,15-16,19H,14H2,1-4H3,(H,24,27). The molecule has 3 rings (SSSR count). The number of benzene rings is 2. The second-order valence-electron chi connectivity index (χ2n) is 7.24. The van der Waals surface area contributed by atoms with Gasteiger partial charge < -0.3 is 10.1 Å². The maximum absolute atomic E-state index is 13.0. The SMILES string of the molecule is COc1ccccc1-c1nn(C)cc1C(=O)NCC(c1ccccc1)C(C)C. The number of carbonyl (C=O) groups is 1. The van der Waals surface area contributed by atoms with E-state index in [9.17, 15) is 4.79 Å². The molecule has 3 aromatic rings. The van der Waals surface area contributed by atoms with Crippen molar-refractivity contribution in [2.45, 2.75) is 19.8 Å². The molecule has 0 bridgehead atoms. The van der Waals surface area contributed by atoms with Crippen molar-refractivity contribution in [3.05, 3.63) is 71.9 Å². The first-order chi connectivity index (χ1) is 13.5. The Morgan fingerprint density at radius 3 is 2.46 bits per heavy atom. The zero-order valence-electron chi connectivity index (χ0n) is 16.8. The molecule has 1 atom stereocenters. The Balaban J connectivity index is 1.84. The molecule has 146 valence electrons. The molecule has 5 nitrogen and oxygen atoms in total. The van der Waals surface area contributed by atoms with Crippen LogP contribution in [0.2, 0.25) is 0 Å². The summed E-state index contributed by atoms with van der Waals surface area (Å²) in [4.78, 5) is 13.0. The van der Waals surface area contributed by atoms with Crippen LogP contribution < -0.4 is 10.1 Å². The zero-order chi connectivity index (χ0) is 20.1. The topological polar surface area (TPSA) is 56.2 Å². The minimum atomic E-state index is -0.129. The summed E-state index contributed by atoms with van der Waals surface area (Å²) in [6.45, 7) is 4.92. The second kappa shape index (κ2) is 8.74. The van der Waals surface area contributed by atoms with Crippen molar-refractivity contribution in [2.24, 2.45) is 13.0 Å². The fourth-order valence-electron chi connectivity index (χ4n) is 3.43. The van der Waals surface area contributed by atoms with Crippen molar-refractivity contribution in [3.63, 3.8) is 0 Å². The number of aryl methyl sites for hydroxylation is 1. The molecule has 1 amide bonds. The number of carbonyl (C=O) groups excluding carboxylic acids is 1. The third-order valence-corrected chi connectivity index (χ3v) is 4.95. The lowest BCUT2D eigenvalue weighted by Crippen LogP contribution is -2.30. The Kier molecular flexibility index (Phi) is 6.14. The number of hydrogen-bond donors (Lipinski definition) is 1. The van der Waals surface area contributed by atoms with Crippen molar-refractivity contribution in [3.8, 4) is 17.0 Å². The number of nitrogens with zero attached hydrogens (tertiary/aromatic N) is 2. The van der Waals surface area contributed by atoms with Gasteiger partial charge in [0.15, 0.2) is 0 Å². The molecule has 2 aromatic carbocycles. The van der Waals surface area contributed by atoms with Crippen molar-refractivity contribution in [1.29, 1.82) is 0 Å². The van der Waals surface area contributed by atoms with Gasteiger partial charge in [-0.3, -0.25) is 9.48 Å². The van der Waals surface area contributed by atoms with Crippen molar-refractivity contribution in [1.82, 2.24) is 15.1 Å². The number of hydrogen-bond acceptors (Lipinski definition) is 3. The van der Waals surface area contributed by atoms with Crippen molar-refractivity contribution < 1.29 is 9.53 Å². The van der Waals surface area contributed by atoms with E-state index in [-0.39, 0.29) is 11.8 Å². The van der Waals surface area contributed by atoms with Gasteiger partial charge in [0, 0.05) is 31.3 Å². The second-order valence-corrected chi connectivity index (χ2v) is 7.24. The van der Waals surface area contributed by atoms with E-state index in [4.69, 9.17) is 4.74 Å². The number of amides is 1. The van der Waals surface area contributed by atoms with Gasteiger partial charge in [0.2, 0.25) is 0 Å². The van der Waals surface area contributed by atoms with E-state index in [1.807, 2.05) is 49.5 Å². The van der Waals surface area contributed by atoms with E-state index in [0.717, 1.165) is 5.56 Å². The highest BCUT2D eigenvalue weighted by molar-refractivity contribution is 6.00. The van der Waals surface area contributed by atoms with E-state index in [2.05, 4.69) is 36.4 Å². The van der Waals surface area contributed by atoms with Gasteiger partial charge in [0.1, 0.15) is 11.4 Å². The lowest BCUT2D eigenvalue weighted by Gasteiger charge is -2.22. The van der Waals surface area contributed by atoms with Gasteiger partial charge in [-0.15, -0.1) is 0 Å². The number of para-hydroxylation sites is 1. The monoisotopic (exact) mass is 377 g/mol. The summed E-state index contributed by atoms with van der Waals surface area (Å²) in [5, 5.41) is 7.61. The van der Waals surface area contributed by atoms with Crippen molar-refractivity contribution >= 4 is 5.91 Å². The molecular formula is C23H27N3O2. The van der Waals surface area contributed by atoms with Gasteiger partial charge >= 0.3 is 0 Å². The van der Waals surface area contributed by atoms with Crippen LogP contribution in [0.5, 0.6) is 5.75 Å². The van der Waals surface area contributed by atoms with Crippen LogP contribution in [0, 0.1) is 5.92 Å². The maximum atomic E-state index is 13.0. The Bertz CT molecular complexity index is 932. The van der Waals surface area contributed by atoms with Crippen LogP contribution in [0.4, 0.5) is 0 Å². The lowest BCUT2D eigenvalue weighted by atomic mass is 9.88. The summed E-state index contributed by atoms with van der Waals surface area (Å²) < 4.78 is 7.11. The first-order valence-corrected chi connectivity index (χ1v) is 9.51. The molecule has 0 radical (unpaired) electrons. The average molecular weight is 377 g/mol. The summed E-state index contributed by atoms with van der Waals surface area (Å²) in [7, 11) is 3.44. The molecule has 0 saturated carbocycles. The number of ether oxygens (including phenoxy) is 1. The molecule has 1 aromatic heterocycles. The minimum Gasteiger partial charge on any atom is -0.496 e. The Hall–Kier alpha value is -3.08. The fourth-order valence-corrected chi connectivity index (χ4v) is 3.43. The van der Waals surface area contributed by atoms with Crippen LogP contribution in [0.1, 0.15) is 35.7 Å². The first kappa shape index (κ1) is 19.7. The molecule has 0 spiro atoms. The fraction of sp³-hybridized carbons (Fsp3) is 0.304. The smallest absolute Gasteiger partial charge is 0.255 e. The summed E-state index contributed by atoms with van der Waals surface area (Å²) in [5.41, 5.74) is 3.20.